The number of nitrogens with one attached hydrogen (secondary N) is 1. The van der Waals surface area contributed by atoms with Gasteiger partial charge in [0.25, 0.3) is 0 Å². The summed E-state index contributed by atoms with van der Waals surface area (Å²) >= 11 is 0. The lowest BCUT2D eigenvalue weighted by atomic mass is 9.77. The van der Waals surface area contributed by atoms with Crippen molar-refractivity contribution in [1.29, 1.82) is 0 Å². The molecule has 1 aromatic rings. The summed E-state index contributed by atoms with van der Waals surface area (Å²) in [5.74, 6) is 2.64. The largest absolute Gasteiger partial charge is 0.493 e. The van der Waals surface area contributed by atoms with E-state index in [1.54, 1.807) is 14.2 Å². The molecule has 1 aromatic carbocycles. The van der Waals surface area contributed by atoms with Crippen molar-refractivity contribution in [3.63, 3.8) is 0 Å². The number of rotatable bonds is 2. The van der Waals surface area contributed by atoms with Gasteiger partial charge in [-0.2, -0.15) is 0 Å². The first-order chi connectivity index (χ1) is 10.8. The molecule has 4 rings (SSSR count). The van der Waals surface area contributed by atoms with E-state index in [9.17, 15) is 0 Å². The molecule has 0 radical (unpaired) electrons. The Hall–Kier alpha value is -1.26. The summed E-state index contributed by atoms with van der Waals surface area (Å²) in [6, 6.07) is 5.56. The van der Waals surface area contributed by atoms with Gasteiger partial charge >= 0.3 is 0 Å². The van der Waals surface area contributed by atoms with E-state index in [0.717, 1.165) is 30.4 Å². The third-order valence-corrected chi connectivity index (χ3v) is 5.81. The Morgan fingerprint density at radius 1 is 1.23 bits per heavy atom. The van der Waals surface area contributed by atoms with Crippen LogP contribution in [-0.4, -0.2) is 44.8 Å². The summed E-state index contributed by atoms with van der Waals surface area (Å²) in [4.78, 5) is 2.70. The molecule has 3 atom stereocenters. The van der Waals surface area contributed by atoms with Gasteiger partial charge in [0.1, 0.15) is 0 Å². The van der Waals surface area contributed by atoms with Gasteiger partial charge in [0.15, 0.2) is 11.5 Å². The number of hydrogen-bond donors (Lipinski definition) is 1. The van der Waals surface area contributed by atoms with Gasteiger partial charge in [-0.15, -0.1) is 0 Å². The second-order valence-corrected chi connectivity index (χ2v) is 6.83. The highest BCUT2D eigenvalue weighted by molar-refractivity contribution is 5.53. The maximum Gasteiger partial charge on any atom is 0.164 e. The van der Waals surface area contributed by atoms with Crippen LogP contribution in [0.4, 0.5) is 0 Å². The summed E-state index contributed by atoms with van der Waals surface area (Å²) in [6.07, 6.45) is 5.02. The molecule has 2 saturated heterocycles. The van der Waals surface area contributed by atoms with E-state index in [0.29, 0.717) is 12.1 Å². The average molecular weight is 302 g/mol. The first-order valence-electron chi connectivity index (χ1n) is 8.53. The van der Waals surface area contributed by atoms with E-state index in [-0.39, 0.29) is 0 Å². The average Bonchev–Trinajstić information content (AvgIpc) is 2.58. The van der Waals surface area contributed by atoms with Crippen LogP contribution in [0.5, 0.6) is 11.5 Å². The molecular weight excluding hydrogens is 276 g/mol. The highest BCUT2D eigenvalue weighted by Gasteiger charge is 2.40. The molecule has 2 fully saturated rings. The lowest BCUT2D eigenvalue weighted by Gasteiger charge is -2.49. The zero-order valence-corrected chi connectivity index (χ0v) is 13.6. The summed E-state index contributed by atoms with van der Waals surface area (Å²) < 4.78 is 11.1. The van der Waals surface area contributed by atoms with Crippen LogP contribution >= 0.6 is 0 Å². The van der Waals surface area contributed by atoms with Gasteiger partial charge in [-0.25, -0.2) is 0 Å². The third kappa shape index (κ3) is 2.20. The highest BCUT2D eigenvalue weighted by Crippen LogP contribution is 2.45. The van der Waals surface area contributed by atoms with Crippen LogP contribution in [-0.2, 0) is 6.42 Å². The first kappa shape index (κ1) is 14.3. The molecule has 4 heteroatoms. The van der Waals surface area contributed by atoms with Crippen molar-refractivity contribution in [2.45, 2.75) is 37.8 Å². The van der Waals surface area contributed by atoms with Crippen molar-refractivity contribution >= 4 is 0 Å². The fraction of sp³-hybridized carbons (Fsp3) is 0.667. The van der Waals surface area contributed by atoms with Crippen LogP contribution in [0.15, 0.2) is 12.1 Å². The molecule has 3 aliphatic rings. The minimum Gasteiger partial charge on any atom is -0.493 e. The van der Waals surface area contributed by atoms with Crippen molar-refractivity contribution in [2.75, 3.05) is 33.9 Å². The topological polar surface area (TPSA) is 33.7 Å². The van der Waals surface area contributed by atoms with Gasteiger partial charge in [-0.1, -0.05) is 6.07 Å². The van der Waals surface area contributed by atoms with Crippen LogP contribution in [0.1, 0.15) is 36.4 Å². The quantitative estimate of drug-likeness (QED) is 0.909. The molecule has 0 saturated carbocycles. The van der Waals surface area contributed by atoms with Gasteiger partial charge in [0, 0.05) is 30.7 Å². The highest BCUT2D eigenvalue weighted by atomic mass is 16.5. The van der Waals surface area contributed by atoms with Gasteiger partial charge in [-0.3, -0.25) is 4.90 Å². The molecule has 0 bridgehead atoms. The lowest BCUT2D eigenvalue weighted by molar-refractivity contribution is 0.0546. The SMILES string of the molecule is COc1ccc2c(c1OC)CCN1C[C@H]3CCCN[C@H]3C[C@@H]21. The Kier molecular flexibility index (Phi) is 3.74. The van der Waals surface area contributed by atoms with E-state index in [1.165, 1.54) is 43.5 Å². The Balaban J connectivity index is 1.68. The molecule has 3 aliphatic heterocycles. The summed E-state index contributed by atoms with van der Waals surface area (Å²) in [7, 11) is 3.47. The number of benzene rings is 1. The van der Waals surface area contributed by atoms with E-state index >= 15 is 0 Å². The van der Waals surface area contributed by atoms with E-state index in [1.807, 2.05) is 0 Å². The maximum atomic E-state index is 5.66. The predicted molar refractivity (Wildman–Crippen MR) is 86.7 cm³/mol. The van der Waals surface area contributed by atoms with Gasteiger partial charge < -0.3 is 14.8 Å². The van der Waals surface area contributed by atoms with E-state index in [4.69, 9.17) is 9.47 Å². The summed E-state index contributed by atoms with van der Waals surface area (Å²) in [5, 5.41) is 3.75. The number of fused-ring (bicyclic) bond motifs is 4. The molecule has 120 valence electrons. The molecule has 1 N–H and O–H groups in total. The molecule has 3 heterocycles. The first-order valence-corrected chi connectivity index (χ1v) is 8.53. The fourth-order valence-electron chi connectivity index (χ4n) is 4.73. The van der Waals surface area contributed by atoms with Gasteiger partial charge in [0.2, 0.25) is 0 Å². The Morgan fingerprint density at radius 3 is 2.95 bits per heavy atom. The van der Waals surface area contributed by atoms with Crippen molar-refractivity contribution < 1.29 is 9.47 Å². The number of nitrogens with zero attached hydrogens (tertiary/aromatic N) is 1. The molecule has 22 heavy (non-hydrogen) atoms. The number of piperidine rings is 2. The Bertz CT molecular complexity index is 560. The molecule has 0 aliphatic carbocycles. The molecule has 0 amide bonds. The van der Waals surface area contributed by atoms with Crippen LogP contribution in [0.2, 0.25) is 0 Å². The zero-order chi connectivity index (χ0) is 15.1. The number of hydrogen-bond acceptors (Lipinski definition) is 4. The smallest absolute Gasteiger partial charge is 0.164 e. The summed E-state index contributed by atoms with van der Waals surface area (Å²) in [6.45, 7) is 3.58. The van der Waals surface area contributed by atoms with Crippen LogP contribution in [0.25, 0.3) is 0 Å². The minimum atomic E-state index is 0.537. The van der Waals surface area contributed by atoms with Crippen molar-refractivity contribution in [2.24, 2.45) is 5.92 Å². The van der Waals surface area contributed by atoms with Crippen LogP contribution in [0.3, 0.4) is 0 Å². The van der Waals surface area contributed by atoms with E-state index in [2.05, 4.69) is 22.3 Å². The van der Waals surface area contributed by atoms with Crippen molar-refractivity contribution in [1.82, 2.24) is 10.2 Å². The monoisotopic (exact) mass is 302 g/mol. The van der Waals surface area contributed by atoms with Crippen LogP contribution < -0.4 is 14.8 Å². The van der Waals surface area contributed by atoms with E-state index < -0.39 is 0 Å². The second kappa shape index (κ2) is 5.74. The maximum absolute atomic E-state index is 5.66. The zero-order valence-electron chi connectivity index (χ0n) is 13.6. The third-order valence-electron chi connectivity index (χ3n) is 5.81. The molecule has 4 nitrogen and oxygen atoms in total. The molecule has 0 spiro atoms. The van der Waals surface area contributed by atoms with Crippen molar-refractivity contribution in [3.05, 3.63) is 23.3 Å². The molecule has 0 aromatic heterocycles. The second-order valence-electron chi connectivity index (χ2n) is 6.83. The van der Waals surface area contributed by atoms with Crippen LogP contribution in [0, 0.1) is 5.92 Å². The standard InChI is InChI=1S/C18H26N2O2/c1-21-17-6-5-13-14(18(17)22-2)7-9-20-11-12-4-3-8-19-15(12)10-16(13)20/h5-6,12,15-16,19H,3-4,7-11H2,1-2H3/t12-,15+,16+/m1/s1. The lowest BCUT2D eigenvalue weighted by Crippen LogP contribution is -2.54. The normalized spacial score (nSPS) is 30.9. The predicted octanol–water partition coefficient (Wildman–Crippen LogP) is 2.37. The summed E-state index contributed by atoms with van der Waals surface area (Å²) in [5.41, 5.74) is 2.81. The fourth-order valence-corrected chi connectivity index (χ4v) is 4.73. The van der Waals surface area contributed by atoms with Crippen molar-refractivity contribution in [3.8, 4) is 11.5 Å². The number of ether oxygens (including phenoxy) is 2. The molecule has 0 unspecified atom stereocenters. The Labute approximate surface area is 132 Å². The number of methoxy groups -OCH3 is 2. The Morgan fingerprint density at radius 2 is 2.14 bits per heavy atom. The van der Waals surface area contributed by atoms with Gasteiger partial charge in [-0.05, 0) is 49.8 Å². The molecular formula is C18H26N2O2. The van der Waals surface area contributed by atoms with Gasteiger partial charge in [0.05, 0.1) is 14.2 Å². The minimum absolute atomic E-state index is 0.537.